The summed E-state index contributed by atoms with van der Waals surface area (Å²) >= 11 is 0. The molecule has 19 heavy (non-hydrogen) atoms. The summed E-state index contributed by atoms with van der Waals surface area (Å²) in [6, 6.07) is 7.80. The summed E-state index contributed by atoms with van der Waals surface area (Å²) in [7, 11) is -0.899. The van der Waals surface area contributed by atoms with Crippen molar-refractivity contribution in [2.75, 3.05) is 0 Å². The van der Waals surface area contributed by atoms with Gasteiger partial charge in [0.15, 0.2) is 0 Å². The molecule has 2 amide bonds. The number of hydrogen-bond acceptors (Lipinski definition) is 4. The van der Waals surface area contributed by atoms with E-state index in [9.17, 15) is 9.59 Å². The summed E-state index contributed by atoms with van der Waals surface area (Å²) in [5.41, 5.74) is 0.951. The lowest BCUT2D eigenvalue weighted by atomic mass is 10.2. The van der Waals surface area contributed by atoms with Crippen LogP contribution in [-0.4, -0.2) is 21.9 Å². The molecular formula is C12H16N2O4Si. The van der Waals surface area contributed by atoms with Crippen LogP contribution in [0.15, 0.2) is 34.5 Å². The monoisotopic (exact) mass is 280 g/mol. The van der Waals surface area contributed by atoms with Crippen LogP contribution in [0.5, 0.6) is 5.75 Å². The van der Waals surface area contributed by atoms with Crippen molar-refractivity contribution < 1.29 is 18.8 Å². The molecule has 0 saturated heterocycles. The Labute approximate surface area is 113 Å². The zero-order valence-electron chi connectivity index (χ0n) is 11.0. The van der Waals surface area contributed by atoms with E-state index in [0.717, 1.165) is 18.0 Å². The minimum Gasteiger partial charge on any atom is -0.507 e. The molecule has 102 valence electrons. The lowest BCUT2D eigenvalue weighted by Crippen LogP contribution is -2.06. The first-order chi connectivity index (χ1) is 9.11. The van der Waals surface area contributed by atoms with Crippen molar-refractivity contribution in [2.45, 2.75) is 26.3 Å². The van der Waals surface area contributed by atoms with E-state index in [1.807, 2.05) is 19.9 Å². The fourth-order valence-electron chi connectivity index (χ4n) is 1.21. The second-order valence-corrected chi connectivity index (χ2v) is 5.26. The van der Waals surface area contributed by atoms with Gasteiger partial charge in [0.05, 0.1) is 0 Å². The van der Waals surface area contributed by atoms with Crippen LogP contribution in [0.3, 0.4) is 0 Å². The van der Waals surface area contributed by atoms with Crippen molar-refractivity contribution in [1.29, 1.82) is 0 Å². The molecule has 0 N–H and O–H groups in total. The first-order valence-electron chi connectivity index (χ1n) is 5.98. The van der Waals surface area contributed by atoms with Crippen LogP contribution in [0.4, 0.5) is 9.59 Å². The maximum atomic E-state index is 11.3. The van der Waals surface area contributed by atoms with E-state index < -0.39 is 21.9 Å². The van der Waals surface area contributed by atoms with Gasteiger partial charge < -0.3 is 9.16 Å². The standard InChI is InChI=1S/C12H16N2O4Si/c1-3-7-19-18-12(16)14-13-11(15)17-10-6-4-5-9(2)8-10/h4-6,8H,3,7,19H2,1-2H3. The molecule has 0 spiro atoms. The van der Waals surface area contributed by atoms with E-state index in [1.165, 1.54) is 0 Å². The van der Waals surface area contributed by atoms with Gasteiger partial charge in [-0.3, -0.25) is 0 Å². The Balaban J connectivity index is 2.40. The maximum Gasteiger partial charge on any atom is 0.458 e. The topological polar surface area (TPSA) is 77.3 Å². The number of ether oxygens (including phenoxy) is 1. The van der Waals surface area contributed by atoms with Gasteiger partial charge in [0, 0.05) is 0 Å². The third-order valence-corrected chi connectivity index (χ3v) is 3.58. The fourth-order valence-corrected chi connectivity index (χ4v) is 1.88. The van der Waals surface area contributed by atoms with Crippen molar-refractivity contribution in [3.63, 3.8) is 0 Å². The average Bonchev–Trinajstić information content (AvgIpc) is 2.37. The molecule has 0 fully saturated rings. The van der Waals surface area contributed by atoms with Gasteiger partial charge in [-0.25, -0.2) is 9.59 Å². The second kappa shape index (κ2) is 8.14. The highest BCUT2D eigenvalue weighted by Crippen LogP contribution is 2.12. The molecule has 0 aliphatic carbocycles. The summed E-state index contributed by atoms with van der Waals surface area (Å²) < 4.78 is 9.71. The van der Waals surface area contributed by atoms with E-state index in [0.29, 0.717) is 5.75 Å². The lowest BCUT2D eigenvalue weighted by molar-refractivity contribution is 0.201. The zero-order valence-corrected chi connectivity index (χ0v) is 12.4. The van der Waals surface area contributed by atoms with Gasteiger partial charge in [-0.1, -0.05) is 35.7 Å². The molecule has 7 heteroatoms. The third-order valence-electron chi connectivity index (χ3n) is 2.13. The van der Waals surface area contributed by atoms with Crippen LogP contribution < -0.4 is 4.74 Å². The summed E-state index contributed by atoms with van der Waals surface area (Å²) in [6.07, 6.45) is -0.813. The summed E-state index contributed by atoms with van der Waals surface area (Å²) in [6.45, 7) is 3.87. The van der Waals surface area contributed by atoms with Crippen molar-refractivity contribution in [3.05, 3.63) is 29.8 Å². The number of nitrogens with zero attached hydrogens (tertiary/aromatic N) is 2. The summed E-state index contributed by atoms with van der Waals surface area (Å²) in [5, 5.41) is 6.28. The maximum absolute atomic E-state index is 11.3. The molecular weight excluding hydrogens is 264 g/mol. The van der Waals surface area contributed by atoms with E-state index in [2.05, 4.69) is 10.2 Å². The number of hydrogen-bond donors (Lipinski definition) is 0. The number of carbonyl (C=O) groups is 2. The Kier molecular flexibility index (Phi) is 6.45. The SMILES string of the molecule is CCC[SiH2]OC(=O)N=NC(=O)Oc1cccc(C)c1. The van der Waals surface area contributed by atoms with Gasteiger partial charge in [-0.15, -0.1) is 0 Å². The molecule has 0 saturated carbocycles. The Hall–Kier alpha value is -2.02. The smallest absolute Gasteiger partial charge is 0.458 e. The predicted octanol–water partition coefficient (Wildman–Crippen LogP) is 2.99. The Morgan fingerprint density at radius 1 is 1.26 bits per heavy atom. The molecule has 1 aromatic rings. The molecule has 1 rings (SSSR count). The van der Waals surface area contributed by atoms with Gasteiger partial charge in [-0.2, -0.15) is 0 Å². The highest BCUT2D eigenvalue weighted by molar-refractivity contribution is 6.30. The first-order valence-corrected chi connectivity index (χ1v) is 7.56. The highest BCUT2D eigenvalue weighted by Gasteiger charge is 2.05. The quantitative estimate of drug-likeness (QED) is 0.482. The highest BCUT2D eigenvalue weighted by atomic mass is 28.2. The molecule has 0 unspecified atom stereocenters. The summed E-state index contributed by atoms with van der Waals surface area (Å²) in [4.78, 5) is 22.4. The number of azo groups is 1. The number of carbonyl (C=O) groups excluding carboxylic acids is 2. The molecule has 6 nitrogen and oxygen atoms in total. The molecule has 0 heterocycles. The molecule has 0 aliphatic heterocycles. The number of benzene rings is 1. The van der Waals surface area contributed by atoms with Crippen LogP contribution in [0, 0.1) is 6.92 Å². The van der Waals surface area contributed by atoms with Crippen molar-refractivity contribution in [1.82, 2.24) is 0 Å². The number of aryl methyl sites for hydroxylation is 1. The van der Waals surface area contributed by atoms with E-state index in [4.69, 9.17) is 9.16 Å². The van der Waals surface area contributed by atoms with Crippen LogP contribution in [-0.2, 0) is 4.43 Å². The third kappa shape index (κ3) is 6.46. The zero-order chi connectivity index (χ0) is 14.1. The fraction of sp³-hybridized carbons (Fsp3) is 0.333. The molecule has 0 radical (unpaired) electrons. The van der Waals surface area contributed by atoms with Gasteiger partial charge in [0.1, 0.15) is 5.75 Å². The van der Waals surface area contributed by atoms with E-state index in [-0.39, 0.29) is 0 Å². The Morgan fingerprint density at radius 2 is 2.00 bits per heavy atom. The molecule has 0 bridgehead atoms. The van der Waals surface area contributed by atoms with Crippen LogP contribution in [0.1, 0.15) is 18.9 Å². The normalized spacial score (nSPS) is 11.1. The molecule has 0 aromatic heterocycles. The van der Waals surface area contributed by atoms with Crippen LogP contribution in [0.25, 0.3) is 0 Å². The van der Waals surface area contributed by atoms with Crippen LogP contribution >= 0.6 is 0 Å². The van der Waals surface area contributed by atoms with Gasteiger partial charge in [0.2, 0.25) is 9.76 Å². The number of amides is 2. The van der Waals surface area contributed by atoms with Gasteiger partial charge in [-0.05, 0) is 30.7 Å². The molecule has 0 atom stereocenters. The van der Waals surface area contributed by atoms with Crippen molar-refractivity contribution in [2.24, 2.45) is 10.2 Å². The van der Waals surface area contributed by atoms with E-state index >= 15 is 0 Å². The van der Waals surface area contributed by atoms with Crippen LogP contribution in [0.2, 0.25) is 6.04 Å². The second-order valence-electron chi connectivity index (χ2n) is 3.85. The first kappa shape index (κ1) is 15.0. The Morgan fingerprint density at radius 3 is 2.68 bits per heavy atom. The largest absolute Gasteiger partial charge is 0.507 e. The minimum absolute atomic E-state index is 0.359. The van der Waals surface area contributed by atoms with Gasteiger partial charge >= 0.3 is 12.2 Å². The Bertz CT molecular complexity index is 477. The average molecular weight is 280 g/mol. The minimum atomic E-state index is -0.945. The molecule has 1 aromatic carbocycles. The molecule has 0 aliphatic rings. The van der Waals surface area contributed by atoms with Crippen molar-refractivity contribution in [3.8, 4) is 5.75 Å². The summed E-state index contributed by atoms with van der Waals surface area (Å²) in [5.74, 6) is 0.359. The van der Waals surface area contributed by atoms with E-state index in [1.54, 1.807) is 18.2 Å². The predicted molar refractivity (Wildman–Crippen MR) is 72.2 cm³/mol. The van der Waals surface area contributed by atoms with Crippen molar-refractivity contribution >= 4 is 21.9 Å². The number of rotatable bonds is 4. The van der Waals surface area contributed by atoms with Gasteiger partial charge in [0.25, 0.3) is 0 Å². The lowest BCUT2D eigenvalue weighted by Gasteiger charge is -2.00.